The zero-order valence-electron chi connectivity index (χ0n) is 29.8. The van der Waals surface area contributed by atoms with Gasteiger partial charge in [-0.2, -0.15) is 10.2 Å². The summed E-state index contributed by atoms with van der Waals surface area (Å²) in [7, 11) is 13.0. The Labute approximate surface area is 287 Å². The van der Waals surface area contributed by atoms with Gasteiger partial charge < -0.3 is 37.9 Å². The van der Waals surface area contributed by atoms with Crippen LogP contribution in [0.15, 0.2) is 36.4 Å². The van der Waals surface area contributed by atoms with E-state index >= 15 is 0 Å². The summed E-state index contributed by atoms with van der Waals surface area (Å²) in [5, 5.41) is 9.82. The first-order valence-corrected chi connectivity index (χ1v) is 16.1. The quantitative estimate of drug-likeness (QED) is 0.167. The number of hydrogen-bond donors (Lipinski definition) is 0. The van der Waals surface area contributed by atoms with Gasteiger partial charge >= 0.3 is 0 Å². The second-order valence-corrected chi connectivity index (χ2v) is 11.6. The van der Waals surface area contributed by atoms with Gasteiger partial charge in [-0.15, -0.1) is 0 Å². The Hall–Kier alpha value is -4.50. The number of ether oxygens (including phenoxy) is 8. The molecule has 4 aromatic rings. The van der Waals surface area contributed by atoms with Gasteiger partial charge in [-0.25, -0.2) is 9.36 Å². The topological polar surface area (TPSA) is 116 Å². The van der Waals surface area contributed by atoms with Crippen LogP contribution in [-0.2, 0) is 36.0 Å². The largest absolute Gasteiger partial charge is 0.493 e. The number of hydrogen-bond acceptors (Lipinski definition) is 12. The fraction of sp³-hybridized carbons (Fsp3) is 0.486. The molecule has 0 N–H and O–H groups in total. The molecule has 2 aromatic heterocycles. The van der Waals surface area contributed by atoms with Crippen molar-refractivity contribution >= 4 is 0 Å². The van der Waals surface area contributed by atoms with E-state index in [1.165, 1.54) is 0 Å². The molecule has 0 atom stereocenters. The molecule has 5 rings (SSSR count). The van der Waals surface area contributed by atoms with Crippen molar-refractivity contribution in [2.24, 2.45) is 0 Å². The van der Waals surface area contributed by atoms with Crippen LogP contribution >= 0.6 is 0 Å². The second kappa shape index (κ2) is 16.7. The Balaban J connectivity index is 1.30. The second-order valence-electron chi connectivity index (χ2n) is 11.6. The predicted molar refractivity (Wildman–Crippen MR) is 184 cm³/mol. The van der Waals surface area contributed by atoms with E-state index < -0.39 is 0 Å². The molecule has 0 saturated carbocycles. The zero-order chi connectivity index (χ0) is 34.9. The van der Waals surface area contributed by atoms with Gasteiger partial charge in [-0.05, 0) is 55.9 Å². The number of nitrogens with zero attached hydrogens (tertiary/aromatic N) is 6. The zero-order valence-corrected chi connectivity index (χ0v) is 29.8. The summed E-state index contributed by atoms with van der Waals surface area (Å²) < 4.78 is 48.1. The minimum Gasteiger partial charge on any atom is -0.493 e. The summed E-state index contributed by atoms with van der Waals surface area (Å²) in [5.41, 5.74) is 5.52. The average molecular weight is 681 g/mol. The summed E-state index contributed by atoms with van der Waals surface area (Å²) >= 11 is 0. The molecule has 2 aromatic carbocycles. The third-order valence-corrected chi connectivity index (χ3v) is 8.54. The van der Waals surface area contributed by atoms with Gasteiger partial charge in [0.05, 0.1) is 65.4 Å². The molecule has 0 aliphatic carbocycles. The van der Waals surface area contributed by atoms with E-state index in [1.807, 2.05) is 33.6 Å². The number of methoxy groups -OCH3 is 8. The molecular weight excluding hydrogens is 632 g/mol. The molecule has 266 valence electrons. The average Bonchev–Trinajstić information content (AvgIpc) is 3.64. The summed E-state index contributed by atoms with van der Waals surface area (Å²) in [6.45, 7) is 5.78. The van der Waals surface area contributed by atoms with Crippen molar-refractivity contribution in [3.63, 3.8) is 0 Å². The van der Waals surface area contributed by atoms with E-state index in [2.05, 4.69) is 21.9 Å². The van der Waals surface area contributed by atoms with Crippen LogP contribution in [0.5, 0.6) is 34.5 Å². The van der Waals surface area contributed by atoms with Crippen molar-refractivity contribution < 1.29 is 37.9 Å². The highest BCUT2D eigenvalue weighted by Gasteiger charge is 2.22. The fourth-order valence-corrected chi connectivity index (χ4v) is 6.26. The SMILES string of the molecule is COCn1nc(CN2CCCN(Cc3cc(-c4cc(OC)c(OC)c(OC)c4)n(COC)n3)CC2)cc1-c1cc(OC)c(OC)c(OC)c1. The van der Waals surface area contributed by atoms with E-state index in [-0.39, 0.29) is 0 Å². The lowest BCUT2D eigenvalue weighted by atomic mass is 10.1. The van der Waals surface area contributed by atoms with E-state index in [1.54, 1.807) is 56.9 Å². The molecule has 0 bridgehead atoms. The highest BCUT2D eigenvalue weighted by atomic mass is 16.5. The standard InChI is InChI=1S/C35H48N6O8/c1-42-22-40-28(24-14-30(44-3)34(48-7)31(15-24)45-4)18-26(36-40)20-38-10-9-11-39(13-12-38)21-27-19-29(41(37-27)23-43-2)25-16-32(46-5)35(49-8)33(17-25)47-6/h14-19H,9-13,20-23H2,1-8H3. The van der Waals surface area contributed by atoms with Crippen molar-refractivity contribution in [3.8, 4) is 57.0 Å². The summed E-state index contributed by atoms with van der Waals surface area (Å²) in [6, 6.07) is 11.9. The van der Waals surface area contributed by atoms with E-state index in [4.69, 9.17) is 48.1 Å². The normalized spacial score (nSPS) is 14.0. The Kier molecular flexibility index (Phi) is 12.2. The Morgan fingerprint density at radius 1 is 0.490 bits per heavy atom. The van der Waals surface area contributed by atoms with Crippen molar-refractivity contribution in [2.45, 2.75) is 33.0 Å². The molecule has 3 heterocycles. The van der Waals surface area contributed by atoms with Crippen molar-refractivity contribution in [3.05, 3.63) is 47.8 Å². The molecule has 0 amide bonds. The predicted octanol–water partition coefficient (Wildman–Crippen LogP) is 4.38. The van der Waals surface area contributed by atoms with Crippen LogP contribution in [0.3, 0.4) is 0 Å². The fourth-order valence-electron chi connectivity index (χ4n) is 6.26. The van der Waals surface area contributed by atoms with Crippen LogP contribution in [0.2, 0.25) is 0 Å². The van der Waals surface area contributed by atoms with E-state index in [0.29, 0.717) is 48.0 Å². The van der Waals surface area contributed by atoms with Crippen LogP contribution in [0.25, 0.3) is 22.5 Å². The first-order valence-electron chi connectivity index (χ1n) is 16.1. The molecule has 14 heteroatoms. The molecule has 0 spiro atoms. The Morgan fingerprint density at radius 2 is 0.857 bits per heavy atom. The minimum absolute atomic E-state index is 0.313. The van der Waals surface area contributed by atoms with Gasteiger partial charge in [-0.3, -0.25) is 9.80 Å². The molecule has 1 saturated heterocycles. The van der Waals surface area contributed by atoms with Gasteiger partial charge in [0, 0.05) is 51.5 Å². The molecular formula is C35H48N6O8. The molecule has 14 nitrogen and oxygen atoms in total. The van der Waals surface area contributed by atoms with E-state index in [0.717, 1.165) is 79.6 Å². The summed E-state index contributed by atoms with van der Waals surface area (Å²) in [4.78, 5) is 4.90. The van der Waals surface area contributed by atoms with Gasteiger partial charge in [-0.1, -0.05) is 0 Å². The lowest BCUT2D eigenvalue weighted by Gasteiger charge is -2.20. The van der Waals surface area contributed by atoms with Gasteiger partial charge in [0.15, 0.2) is 23.0 Å². The van der Waals surface area contributed by atoms with Crippen LogP contribution < -0.4 is 28.4 Å². The maximum atomic E-state index is 5.60. The lowest BCUT2D eigenvalue weighted by molar-refractivity contribution is 0.121. The smallest absolute Gasteiger partial charge is 0.203 e. The first kappa shape index (κ1) is 35.8. The van der Waals surface area contributed by atoms with Gasteiger partial charge in [0.25, 0.3) is 0 Å². The summed E-state index contributed by atoms with van der Waals surface area (Å²) in [6.07, 6.45) is 1.02. The Morgan fingerprint density at radius 3 is 1.16 bits per heavy atom. The maximum absolute atomic E-state index is 5.60. The van der Waals surface area contributed by atoms with Crippen molar-refractivity contribution in [1.82, 2.24) is 29.4 Å². The monoisotopic (exact) mass is 680 g/mol. The summed E-state index contributed by atoms with van der Waals surface area (Å²) in [5.74, 6) is 3.42. The Bertz CT molecular complexity index is 1520. The highest BCUT2D eigenvalue weighted by Crippen LogP contribution is 2.42. The third-order valence-electron chi connectivity index (χ3n) is 8.54. The minimum atomic E-state index is 0.313. The van der Waals surface area contributed by atoms with Crippen LogP contribution in [-0.4, -0.2) is 112 Å². The number of aromatic nitrogens is 4. The maximum Gasteiger partial charge on any atom is 0.203 e. The first-order chi connectivity index (χ1) is 23.9. The van der Waals surface area contributed by atoms with Crippen molar-refractivity contribution in [2.75, 3.05) is 83.1 Å². The van der Waals surface area contributed by atoms with E-state index in [9.17, 15) is 0 Å². The molecule has 0 radical (unpaired) electrons. The molecule has 1 aliphatic rings. The molecule has 49 heavy (non-hydrogen) atoms. The van der Waals surface area contributed by atoms with Crippen LogP contribution in [0.1, 0.15) is 17.8 Å². The highest BCUT2D eigenvalue weighted by molar-refractivity contribution is 5.70. The van der Waals surface area contributed by atoms with Crippen LogP contribution in [0, 0.1) is 0 Å². The van der Waals surface area contributed by atoms with Crippen molar-refractivity contribution in [1.29, 1.82) is 0 Å². The third kappa shape index (κ3) is 8.05. The number of benzene rings is 2. The molecule has 0 unspecified atom stereocenters. The molecule has 1 aliphatic heterocycles. The van der Waals surface area contributed by atoms with Gasteiger partial charge in [0.1, 0.15) is 13.5 Å². The lowest BCUT2D eigenvalue weighted by Crippen LogP contribution is -2.30. The number of rotatable bonds is 16. The van der Waals surface area contributed by atoms with Crippen LogP contribution in [0.4, 0.5) is 0 Å². The molecule has 1 fully saturated rings. The van der Waals surface area contributed by atoms with Gasteiger partial charge in [0.2, 0.25) is 11.5 Å².